The van der Waals surface area contributed by atoms with Crippen LogP contribution in [0.4, 0.5) is 0 Å². The van der Waals surface area contributed by atoms with E-state index in [0.29, 0.717) is 47.9 Å². The highest BCUT2D eigenvalue weighted by Crippen LogP contribution is 2.26. The van der Waals surface area contributed by atoms with Crippen molar-refractivity contribution in [2.75, 3.05) is 12.8 Å². The first-order valence-corrected chi connectivity index (χ1v) is 15.1. The quantitative estimate of drug-likeness (QED) is 0.0787. The third-order valence-corrected chi connectivity index (χ3v) is 6.39. The van der Waals surface area contributed by atoms with Crippen LogP contribution < -0.4 is 36.0 Å². The van der Waals surface area contributed by atoms with Crippen molar-refractivity contribution in [3.8, 4) is 28.5 Å². The van der Waals surface area contributed by atoms with Gasteiger partial charge in [-0.25, -0.2) is 0 Å². The summed E-state index contributed by atoms with van der Waals surface area (Å²) in [5, 5.41) is 23.6. The Balaban J connectivity index is 0.000000477. The minimum Gasteiger partial charge on any atom is -0.546 e. The number of hydrogen-bond donors (Lipinski definition) is 4. The molecule has 3 aromatic rings. The van der Waals surface area contributed by atoms with Gasteiger partial charge in [0.25, 0.3) is 0 Å². The maximum absolute atomic E-state index is 11.3. The van der Waals surface area contributed by atoms with Gasteiger partial charge >= 0.3 is 16.1 Å². The van der Waals surface area contributed by atoms with Crippen LogP contribution in [0.25, 0.3) is 11.3 Å². The predicted octanol–water partition coefficient (Wildman–Crippen LogP) is 1.01. The van der Waals surface area contributed by atoms with Gasteiger partial charge in [0.2, 0.25) is 0 Å². The number of carbonyl (C=O) groups is 2. The molecule has 0 bridgehead atoms. The fraction of sp³-hybridized carbons (Fsp3) is 0.357. The molecular weight excluding hydrogens is 598 g/mol. The molecule has 0 saturated carbocycles. The lowest BCUT2D eigenvalue weighted by atomic mass is 10.0. The summed E-state index contributed by atoms with van der Waals surface area (Å²) in [6.45, 7) is 3.70. The van der Waals surface area contributed by atoms with E-state index >= 15 is 0 Å². The van der Waals surface area contributed by atoms with Gasteiger partial charge in [-0.1, -0.05) is 12.1 Å². The summed E-state index contributed by atoms with van der Waals surface area (Å²) >= 11 is 0. The molecule has 2 atom stereocenters. The highest BCUT2D eigenvalue weighted by Gasteiger charge is 2.26. The highest BCUT2D eigenvalue weighted by atomic mass is 32.2. The summed E-state index contributed by atoms with van der Waals surface area (Å²) in [6, 6.07) is 13.8. The Morgan fingerprint density at radius 3 is 2.20 bits per heavy atom. The Morgan fingerprint density at radius 2 is 1.68 bits per heavy atom. The molecule has 0 spiro atoms. The van der Waals surface area contributed by atoms with E-state index in [1.54, 1.807) is 49.4 Å². The molecule has 0 fully saturated rings. The number of carboxylic acids is 2. The van der Waals surface area contributed by atoms with Gasteiger partial charge in [-0.3, -0.25) is 9.79 Å². The Labute approximate surface area is 254 Å². The van der Waals surface area contributed by atoms with Gasteiger partial charge in [-0.2, -0.15) is 8.42 Å². The van der Waals surface area contributed by atoms with E-state index < -0.39 is 33.7 Å². The Kier molecular flexibility index (Phi) is 13.0. The maximum Gasteiger partial charge on any atom is 0.320 e. The molecular formula is C28H36N5O10S-. The number of aromatic nitrogens is 1. The van der Waals surface area contributed by atoms with Crippen LogP contribution in [0.1, 0.15) is 38.9 Å². The SMILES string of the molecule is CCC(C)(Oc1ccc(OCc2cc(-c3ccc(OS(C)(=O)=O)cc3)no2)cc1)C(=O)[O-].NC(N)=NCCC[C@@H](N)C(=O)O. The van der Waals surface area contributed by atoms with Crippen LogP contribution in [0, 0.1) is 0 Å². The number of benzene rings is 2. The number of ether oxygens (including phenoxy) is 2. The molecule has 1 unspecified atom stereocenters. The molecule has 240 valence electrons. The zero-order chi connectivity index (χ0) is 32.9. The van der Waals surface area contributed by atoms with Gasteiger partial charge in [0.1, 0.15) is 41.2 Å². The molecule has 2 aromatic carbocycles. The second kappa shape index (κ2) is 16.1. The Hall–Kier alpha value is -4.83. The van der Waals surface area contributed by atoms with Crippen molar-refractivity contribution in [2.24, 2.45) is 22.2 Å². The van der Waals surface area contributed by atoms with Gasteiger partial charge < -0.3 is 50.4 Å². The second-order valence-corrected chi connectivity index (χ2v) is 11.2. The molecule has 7 N–H and O–H groups in total. The summed E-state index contributed by atoms with van der Waals surface area (Å²) in [5.41, 5.74) is 15.2. The van der Waals surface area contributed by atoms with Crippen molar-refractivity contribution >= 4 is 28.0 Å². The topological polar surface area (TPSA) is 256 Å². The maximum atomic E-state index is 11.3. The van der Waals surface area contributed by atoms with Crippen molar-refractivity contribution in [2.45, 2.75) is 51.4 Å². The molecule has 1 aromatic heterocycles. The number of rotatable bonds is 15. The first-order chi connectivity index (χ1) is 20.6. The first kappa shape index (κ1) is 35.4. The molecule has 3 rings (SSSR count). The minimum absolute atomic E-state index is 0.0129. The van der Waals surface area contributed by atoms with E-state index in [9.17, 15) is 23.1 Å². The fourth-order valence-corrected chi connectivity index (χ4v) is 3.75. The smallest absolute Gasteiger partial charge is 0.320 e. The molecule has 1 heterocycles. The predicted molar refractivity (Wildman–Crippen MR) is 158 cm³/mol. The van der Waals surface area contributed by atoms with E-state index in [4.69, 9.17) is 40.5 Å². The van der Waals surface area contributed by atoms with Crippen molar-refractivity contribution in [1.29, 1.82) is 0 Å². The average molecular weight is 635 g/mol. The lowest BCUT2D eigenvalue weighted by Gasteiger charge is -2.30. The van der Waals surface area contributed by atoms with Crippen LogP contribution in [0.3, 0.4) is 0 Å². The normalized spacial score (nSPS) is 12.9. The lowest BCUT2D eigenvalue weighted by molar-refractivity contribution is -0.321. The summed E-state index contributed by atoms with van der Waals surface area (Å²) in [5.74, 6) is -0.667. The molecule has 15 nitrogen and oxygen atoms in total. The van der Waals surface area contributed by atoms with Crippen molar-refractivity contribution in [3.05, 3.63) is 60.4 Å². The van der Waals surface area contributed by atoms with Gasteiger partial charge in [0.15, 0.2) is 11.7 Å². The molecule has 0 aliphatic rings. The van der Waals surface area contributed by atoms with Crippen LogP contribution in [0.15, 0.2) is 64.1 Å². The fourth-order valence-electron chi connectivity index (χ4n) is 3.29. The number of nitrogens with two attached hydrogens (primary N) is 3. The third kappa shape index (κ3) is 12.2. The zero-order valence-electron chi connectivity index (χ0n) is 24.5. The number of carboxylic acid groups (broad SMARTS) is 2. The molecule has 44 heavy (non-hydrogen) atoms. The lowest BCUT2D eigenvalue weighted by Crippen LogP contribution is -2.49. The first-order valence-electron chi connectivity index (χ1n) is 13.2. The summed E-state index contributed by atoms with van der Waals surface area (Å²) < 4.78 is 43.6. The van der Waals surface area contributed by atoms with Crippen LogP contribution in [-0.4, -0.2) is 61.0 Å². The van der Waals surface area contributed by atoms with Gasteiger partial charge in [0.05, 0.1) is 12.2 Å². The number of carbonyl (C=O) groups excluding carboxylic acids is 1. The number of guanidine groups is 1. The van der Waals surface area contributed by atoms with Crippen molar-refractivity contribution in [1.82, 2.24) is 5.16 Å². The molecule has 16 heteroatoms. The van der Waals surface area contributed by atoms with Crippen LogP contribution in [-0.2, 0) is 26.3 Å². The monoisotopic (exact) mass is 634 g/mol. The van der Waals surface area contributed by atoms with Gasteiger partial charge in [-0.15, -0.1) is 0 Å². The molecule has 0 amide bonds. The number of aliphatic carboxylic acids is 2. The third-order valence-electron chi connectivity index (χ3n) is 5.90. The molecule has 0 radical (unpaired) electrons. The molecule has 0 aliphatic heterocycles. The van der Waals surface area contributed by atoms with Crippen molar-refractivity contribution in [3.63, 3.8) is 0 Å². The highest BCUT2D eigenvalue weighted by molar-refractivity contribution is 7.86. The zero-order valence-corrected chi connectivity index (χ0v) is 25.3. The molecule has 0 aliphatic carbocycles. The van der Waals surface area contributed by atoms with E-state index in [-0.39, 0.29) is 24.7 Å². The van der Waals surface area contributed by atoms with Gasteiger partial charge in [-0.05, 0) is 74.7 Å². The van der Waals surface area contributed by atoms with E-state index in [2.05, 4.69) is 10.1 Å². The number of nitrogens with zero attached hydrogens (tertiary/aromatic N) is 2. The summed E-state index contributed by atoms with van der Waals surface area (Å²) in [6.07, 6.45) is 2.19. The summed E-state index contributed by atoms with van der Waals surface area (Å²) in [7, 11) is -3.59. The second-order valence-electron chi connectivity index (χ2n) is 9.62. The molecule has 0 saturated heterocycles. The van der Waals surface area contributed by atoms with E-state index in [1.165, 1.54) is 19.1 Å². The minimum atomic E-state index is -3.59. The standard InChI is InChI=1S/C22H23NO8S.C6H14N4O2/c1-4-22(2,21(24)25)29-17-11-9-16(10-12-17)28-14-19-13-20(23-30-19)15-5-7-18(8-6-15)31-32(3,26)27;7-4(5(11)12)2-1-3-10-6(8)9/h5-13H,4,14H2,1-3H3,(H,24,25);4H,1-3,7H2,(H,11,12)(H4,8,9,10)/p-1/t;4-/m.1/s1. The van der Waals surface area contributed by atoms with Gasteiger partial charge in [0, 0.05) is 18.2 Å². The average Bonchev–Trinajstić information content (AvgIpc) is 3.43. The summed E-state index contributed by atoms with van der Waals surface area (Å²) in [4.78, 5) is 25.1. The van der Waals surface area contributed by atoms with E-state index in [0.717, 1.165) is 6.26 Å². The largest absolute Gasteiger partial charge is 0.546 e. The number of aliphatic imine (C=N–C) groups is 1. The van der Waals surface area contributed by atoms with Crippen LogP contribution in [0.5, 0.6) is 17.2 Å². The number of hydrogen-bond acceptors (Lipinski definition) is 12. The Morgan fingerprint density at radius 1 is 1.09 bits per heavy atom. The van der Waals surface area contributed by atoms with Crippen molar-refractivity contribution < 1.29 is 46.4 Å². The van der Waals surface area contributed by atoms with E-state index in [1.807, 2.05) is 0 Å². The van der Waals surface area contributed by atoms with Crippen LogP contribution in [0.2, 0.25) is 0 Å². The van der Waals surface area contributed by atoms with Crippen LogP contribution >= 0.6 is 0 Å². The Bertz CT molecular complexity index is 1500.